The molecule has 2 unspecified atom stereocenters. The lowest BCUT2D eigenvalue weighted by Gasteiger charge is -2.37. The van der Waals surface area contributed by atoms with Gasteiger partial charge >= 0.3 is 0 Å². The van der Waals surface area contributed by atoms with Gasteiger partial charge in [0.25, 0.3) is 0 Å². The number of nitrogens with one attached hydrogen (secondary N) is 2. The maximum atomic E-state index is 14.6. The molecule has 0 aliphatic carbocycles. The quantitative estimate of drug-likeness (QED) is 0.316. The van der Waals surface area contributed by atoms with E-state index in [-0.39, 0.29) is 29.6 Å². The Kier molecular flexibility index (Phi) is 7.96. The third kappa shape index (κ3) is 4.98. The van der Waals surface area contributed by atoms with Crippen LogP contribution in [0, 0.1) is 25.7 Å². The number of aryl methyl sites for hydroxylation is 2. The average molecular weight is 600 g/mol. The van der Waals surface area contributed by atoms with Crippen LogP contribution in [-0.4, -0.2) is 57.0 Å². The van der Waals surface area contributed by atoms with Crippen molar-refractivity contribution in [2.75, 3.05) is 23.8 Å². The fourth-order valence-electron chi connectivity index (χ4n) is 7.29. The van der Waals surface area contributed by atoms with Gasteiger partial charge in [-0.1, -0.05) is 48.5 Å². The van der Waals surface area contributed by atoms with Crippen molar-refractivity contribution in [1.29, 1.82) is 0 Å². The minimum Gasteiger partial charge on any atom is -0.494 e. The second kappa shape index (κ2) is 11.7. The summed E-state index contributed by atoms with van der Waals surface area (Å²) in [7, 11) is 0. The number of para-hydroxylation sites is 1. The van der Waals surface area contributed by atoms with E-state index in [4.69, 9.17) is 4.74 Å². The molecule has 6 atom stereocenters. The van der Waals surface area contributed by atoms with Gasteiger partial charge in [-0.15, -0.1) is 11.8 Å². The summed E-state index contributed by atoms with van der Waals surface area (Å²) in [6, 6.07) is 20.8. The number of thioether (sulfide) groups is 1. The van der Waals surface area contributed by atoms with E-state index in [2.05, 4.69) is 10.6 Å². The first-order valence-electron chi connectivity index (χ1n) is 14.9. The lowest BCUT2D eigenvalue weighted by atomic mass is 9.70. The van der Waals surface area contributed by atoms with Crippen LogP contribution in [0.25, 0.3) is 0 Å². The van der Waals surface area contributed by atoms with Crippen LogP contribution in [0.5, 0.6) is 5.75 Å². The monoisotopic (exact) mass is 599 g/mol. The maximum Gasteiger partial charge on any atom is 0.248 e. The van der Waals surface area contributed by atoms with E-state index >= 15 is 0 Å². The number of carbonyl (C=O) groups is 3. The lowest BCUT2D eigenvalue weighted by Crippen LogP contribution is -2.52. The number of amides is 3. The van der Waals surface area contributed by atoms with Gasteiger partial charge < -0.3 is 25.4 Å². The van der Waals surface area contributed by atoms with Crippen molar-refractivity contribution < 1.29 is 24.2 Å². The number of likely N-dealkylation sites (tertiary alicyclic amines) is 1. The van der Waals surface area contributed by atoms with Crippen LogP contribution in [0.2, 0.25) is 0 Å². The normalized spacial score (nSPS) is 26.2. The molecule has 3 aromatic carbocycles. The number of ether oxygens (including phenoxy) is 1. The van der Waals surface area contributed by atoms with Crippen molar-refractivity contribution in [1.82, 2.24) is 4.90 Å². The first-order valence-corrected chi connectivity index (χ1v) is 15.7. The minimum atomic E-state index is -0.861. The fraction of sp³-hybridized carbons (Fsp3) is 0.382. The standard InChI is InChI=1S/C34H37N3O5S/c1-4-42-24-15-13-23(14-16-24)35-31(39)27-26-17-18-34(43-26)28(27)33(41)37(25(19-38)22-11-6-5-7-12-22)30(34)32(40)36-29-20(2)9-8-10-21(29)3/h5-16,25-28,30,38H,4,17-19H2,1-3H3,(H,35,39)(H,36,40)/t25-,26+,27-,28+,30?,34?/m1/s1. The van der Waals surface area contributed by atoms with Gasteiger partial charge in [0.05, 0.1) is 35.8 Å². The third-order valence-electron chi connectivity index (χ3n) is 9.14. The Morgan fingerprint density at radius 1 is 1.00 bits per heavy atom. The first-order chi connectivity index (χ1) is 20.8. The van der Waals surface area contributed by atoms with Crippen LogP contribution in [0.3, 0.4) is 0 Å². The van der Waals surface area contributed by atoms with Crippen LogP contribution in [0.4, 0.5) is 11.4 Å². The Morgan fingerprint density at radius 3 is 2.35 bits per heavy atom. The summed E-state index contributed by atoms with van der Waals surface area (Å²) in [4.78, 5) is 44.4. The molecule has 3 aliphatic rings. The number of hydrogen-bond acceptors (Lipinski definition) is 6. The molecule has 3 aliphatic heterocycles. The van der Waals surface area contributed by atoms with Crippen LogP contribution < -0.4 is 15.4 Å². The molecule has 0 saturated carbocycles. The first kappa shape index (κ1) is 29.3. The second-order valence-electron chi connectivity index (χ2n) is 11.6. The Morgan fingerprint density at radius 2 is 1.70 bits per heavy atom. The van der Waals surface area contributed by atoms with E-state index in [0.717, 1.165) is 28.8 Å². The number of hydrogen-bond donors (Lipinski definition) is 3. The van der Waals surface area contributed by atoms with Gasteiger partial charge in [0, 0.05) is 16.6 Å². The average Bonchev–Trinajstić information content (AvgIpc) is 3.65. The van der Waals surface area contributed by atoms with Crippen LogP contribution >= 0.6 is 11.8 Å². The van der Waals surface area contributed by atoms with Crippen LogP contribution in [0.15, 0.2) is 72.8 Å². The highest BCUT2D eigenvalue weighted by atomic mass is 32.2. The van der Waals surface area contributed by atoms with Gasteiger partial charge in [-0.25, -0.2) is 0 Å². The summed E-state index contributed by atoms with van der Waals surface area (Å²) in [5.74, 6) is -1.35. The summed E-state index contributed by atoms with van der Waals surface area (Å²) in [6.45, 7) is 6.00. The number of benzene rings is 3. The van der Waals surface area contributed by atoms with Crippen molar-refractivity contribution in [3.05, 3.63) is 89.5 Å². The number of anilines is 2. The minimum absolute atomic E-state index is 0.0846. The van der Waals surface area contributed by atoms with Crippen molar-refractivity contribution in [3.8, 4) is 5.75 Å². The highest BCUT2D eigenvalue weighted by Gasteiger charge is 2.74. The highest BCUT2D eigenvalue weighted by Crippen LogP contribution is 2.67. The number of carbonyl (C=O) groups excluding carboxylic acids is 3. The molecule has 8 nitrogen and oxygen atoms in total. The van der Waals surface area contributed by atoms with Gasteiger partial charge in [0.1, 0.15) is 11.8 Å². The van der Waals surface area contributed by atoms with Crippen molar-refractivity contribution in [2.45, 2.75) is 55.7 Å². The molecule has 6 rings (SSSR count). The van der Waals surface area contributed by atoms with Gasteiger partial charge in [-0.3, -0.25) is 14.4 Å². The van der Waals surface area contributed by atoms with E-state index in [9.17, 15) is 19.5 Å². The fourth-order valence-corrected chi connectivity index (χ4v) is 9.49. The maximum absolute atomic E-state index is 14.6. The molecule has 3 saturated heterocycles. The van der Waals surface area contributed by atoms with Gasteiger partial charge in [0.15, 0.2) is 0 Å². The summed E-state index contributed by atoms with van der Waals surface area (Å²) < 4.78 is 4.74. The molecular formula is C34H37N3O5S. The molecule has 3 amide bonds. The van der Waals surface area contributed by atoms with Crippen molar-refractivity contribution >= 4 is 40.9 Å². The summed E-state index contributed by atoms with van der Waals surface area (Å²) in [5.41, 5.74) is 3.95. The topological polar surface area (TPSA) is 108 Å². The molecule has 3 heterocycles. The predicted octanol–water partition coefficient (Wildman–Crippen LogP) is 5.10. The largest absolute Gasteiger partial charge is 0.494 e. The Bertz CT molecular complexity index is 1510. The molecule has 3 fully saturated rings. The number of nitrogens with zero attached hydrogens (tertiary/aromatic N) is 1. The smallest absolute Gasteiger partial charge is 0.248 e. The third-order valence-corrected chi connectivity index (χ3v) is 11.1. The molecule has 0 aromatic heterocycles. The van der Waals surface area contributed by atoms with Crippen molar-refractivity contribution in [2.24, 2.45) is 11.8 Å². The van der Waals surface area contributed by atoms with Gasteiger partial charge in [-0.2, -0.15) is 0 Å². The molecule has 43 heavy (non-hydrogen) atoms. The number of fused-ring (bicyclic) bond motifs is 1. The molecule has 2 bridgehead atoms. The second-order valence-corrected chi connectivity index (χ2v) is 13.2. The number of aliphatic hydroxyl groups is 1. The number of rotatable bonds is 9. The zero-order valence-electron chi connectivity index (χ0n) is 24.6. The molecular weight excluding hydrogens is 562 g/mol. The Balaban J connectivity index is 1.37. The molecule has 3 N–H and O–H groups in total. The van der Waals surface area contributed by atoms with E-state index in [1.807, 2.05) is 69.3 Å². The zero-order chi connectivity index (χ0) is 30.3. The zero-order valence-corrected chi connectivity index (χ0v) is 25.4. The molecule has 1 spiro atoms. The Labute approximate surface area is 256 Å². The summed E-state index contributed by atoms with van der Waals surface area (Å²) in [6.07, 6.45) is 1.37. The van der Waals surface area contributed by atoms with Gasteiger partial charge in [-0.05, 0) is 74.6 Å². The molecule has 3 aromatic rings. The van der Waals surface area contributed by atoms with E-state index in [1.165, 1.54) is 0 Å². The lowest BCUT2D eigenvalue weighted by molar-refractivity contribution is -0.141. The summed E-state index contributed by atoms with van der Waals surface area (Å²) >= 11 is 1.61. The van der Waals surface area contributed by atoms with E-state index < -0.39 is 28.7 Å². The SMILES string of the molecule is CCOc1ccc(NC(=O)[C@@H]2[C@@H]3CCC4(S3)C(C(=O)Nc3c(C)cccc3C)N([C@H](CO)c3ccccc3)C(=O)[C@H]24)cc1. The predicted molar refractivity (Wildman–Crippen MR) is 168 cm³/mol. The van der Waals surface area contributed by atoms with Gasteiger partial charge in [0.2, 0.25) is 17.7 Å². The van der Waals surface area contributed by atoms with Crippen LogP contribution in [-0.2, 0) is 14.4 Å². The molecule has 224 valence electrons. The van der Waals surface area contributed by atoms with Crippen LogP contribution in [0.1, 0.15) is 42.5 Å². The number of aliphatic hydroxyl groups excluding tert-OH is 1. The van der Waals surface area contributed by atoms with E-state index in [0.29, 0.717) is 24.5 Å². The van der Waals surface area contributed by atoms with E-state index in [1.54, 1.807) is 40.9 Å². The van der Waals surface area contributed by atoms with Crippen molar-refractivity contribution in [3.63, 3.8) is 0 Å². The molecule has 9 heteroatoms. The Hall–Kier alpha value is -3.82. The molecule has 0 radical (unpaired) electrons. The summed E-state index contributed by atoms with van der Waals surface area (Å²) in [5, 5.41) is 16.8. The highest BCUT2D eigenvalue weighted by molar-refractivity contribution is 8.02.